The number of rotatable bonds is 8. The largest absolute Gasteiger partial charge is 0.460 e. The fourth-order valence-corrected chi connectivity index (χ4v) is 4.06. The van der Waals surface area contributed by atoms with Crippen molar-refractivity contribution in [2.45, 2.75) is 17.4 Å². The van der Waals surface area contributed by atoms with Gasteiger partial charge in [-0.1, -0.05) is 0 Å². The second kappa shape index (κ2) is 8.62. The van der Waals surface area contributed by atoms with Crippen LogP contribution in [0.1, 0.15) is 17.0 Å². The van der Waals surface area contributed by atoms with Gasteiger partial charge in [0.05, 0.1) is 11.5 Å². The molecule has 1 aromatic heterocycles. The molecule has 152 valence electrons. The van der Waals surface area contributed by atoms with Crippen molar-refractivity contribution >= 4 is 46.6 Å². The molecular weight excluding hydrogens is 418 g/mol. The zero-order valence-corrected chi connectivity index (χ0v) is 16.9. The lowest BCUT2D eigenvalue weighted by Gasteiger charge is -2.40. The lowest BCUT2D eigenvalue weighted by atomic mass is 10.00. The third-order valence-electron chi connectivity index (χ3n) is 4.44. The average Bonchev–Trinajstić information content (AvgIpc) is 3.23. The Morgan fingerprint density at radius 1 is 1.38 bits per heavy atom. The molecule has 9 nitrogen and oxygen atoms in total. The van der Waals surface area contributed by atoms with Crippen LogP contribution in [0.3, 0.4) is 0 Å². The first-order valence-electron chi connectivity index (χ1n) is 8.44. The number of carbonyl (C=O) groups is 3. The van der Waals surface area contributed by atoms with Crippen molar-refractivity contribution in [1.29, 1.82) is 0 Å². The number of thiophene rings is 1. The lowest BCUT2D eigenvalue weighted by molar-refractivity contribution is -0.384. The number of hydrogen-bond acceptors (Lipinski definition) is 8. The van der Waals surface area contributed by atoms with Crippen molar-refractivity contribution in [1.82, 2.24) is 10.6 Å². The molecule has 2 unspecified atom stereocenters. The molecule has 1 aliphatic heterocycles. The van der Waals surface area contributed by atoms with Crippen LogP contribution in [-0.2, 0) is 25.7 Å². The number of nitrogens with one attached hydrogen (secondary N) is 2. The first-order chi connectivity index (χ1) is 13.9. The smallest absolute Gasteiger partial charge is 0.323 e. The summed E-state index contributed by atoms with van der Waals surface area (Å²) in [4.78, 5) is 46.5. The van der Waals surface area contributed by atoms with Crippen LogP contribution >= 0.6 is 23.1 Å². The number of thioether (sulfide) groups is 1. The summed E-state index contributed by atoms with van der Waals surface area (Å²) >= 11 is 2.52. The van der Waals surface area contributed by atoms with Gasteiger partial charge < -0.3 is 15.4 Å². The molecule has 1 saturated heterocycles. The van der Waals surface area contributed by atoms with Crippen molar-refractivity contribution in [2.75, 3.05) is 12.8 Å². The second-order valence-electron chi connectivity index (χ2n) is 6.22. The first kappa shape index (κ1) is 20.8. The number of nitro benzene ring substituents is 1. The molecule has 1 fully saturated rings. The topological polar surface area (TPSA) is 128 Å². The molecule has 0 aliphatic carbocycles. The Morgan fingerprint density at radius 3 is 2.59 bits per heavy atom. The summed E-state index contributed by atoms with van der Waals surface area (Å²) in [5, 5.41) is 19.4. The minimum Gasteiger partial charge on any atom is -0.460 e. The average molecular weight is 435 g/mol. The van der Waals surface area contributed by atoms with Gasteiger partial charge in [-0.25, -0.2) is 0 Å². The van der Waals surface area contributed by atoms with Gasteiger partial charge in [-0.2, -0.15) is 11.3 Å². The van der Waals surface area contributed by atoms with Gasteiger partial charge in [0, 0.05) is 12.1 Å². The Labute approximate surface area is 174 Å². The number of hydrogen-bond donors (Lipinski definition) is 2. The minimum atomic E-state index is -1.23. The fourth-order valence-electron chi connectivity index (χ4n) is 2.69. The highest BCUT2D eigenvalue weighted by atomic mass is 32.2. The molecule has 0 spiro atoms. The number of non-ortho nitro benzene ring substituents is 1. The highest BCUT2D eigenvalue weighted by molar-refractivity contribution is 8.00. The zero-order valence-electron chi connectivity index (χ0n) is 15.2. The Morgan fingerprint density at radius 2 is 2.10 bits per heavy atom. The summed E-state index contributed by atoms with van der Waals surface area (Å²) in [6, 6.07) is 7.22. The van der Waals surface area contributed by atoms with E-state index in [1.807, 2.05) is 0 Å². The monoisotopic (exact) mass is 435 g/mol. The standard InChI is InChI=1S/C18H17N3O6S2/c1-28-18(10-19-17(18)24)20-15(22)14(12-6-7-29-9-12)16(23)27-8-11-2-4-13(5-3-11)21(25)26/h2-7,9,14H,8,10H2,1H3,(H,19,24)(H,20,22). The normalized spacial score (nSPS) is 18.9. The molecule has 2 atom stereocenters. The van der Waals surface area contributed by atoms with E-state index in [9.17, 15) is 24.5 Å². The van der Waals surface area contributed by atoms with Crippen molar-refractivity contribution in [3.05, 3.63) is 62.3 Å². The predicted octanol–water partition coefficient (Wildman–Crippen LogP) is 1.79. The summed E-state index contributed by atoms with van der Waals surface area (Å²) in [5.41, 5.74) is 0.946. The van der Waals surface area contributed by atoms with Gasteiger partial charge in [0.2, 0.25) is 5.91 Å². The van der Waals surface area contributed by atoms with Gasteiger partial charge in [0.15, 0.2) is 10.8 Å². The van der Waals surface area contributed by atoms with Gasteiger partial charge in [-0.15, -0.1) is 11.8 Å². The third-order valence-corrected chi connectivity index (χ3v) is 6.27. The second-order valence-corrected chi connectivity index (χ2v) is 8.11. The molecule has 0 bridgehead atoms. The Hall–Kier alpha value is -2.92. The van der Waals surface area contributed by atoms with E-state index < -0.39 is 27.6 Å². The van der Waals surface area contributed by atoms with Gasteiger partial charge in [-0.3, -0.25) is 24.5 Å². The van der Waals surface area contributed by atoms with Crippen molar-refractivity contribution in [2.24, 2.45) is 0 Å². The number of nitrogens with zero attached hydrogens (tertiary/aromatic N) is 1. The fraction of sp³-hybridized carbons (Fsp3) is 0.278. The molecule has 2 aromatic rings. The Bertz CT molecular complexity index is 928. The van der Waals surface area contributed by atoms with Crippen molar-refractivity contribution in [3.63, 3.8) is 0 Å². The number of benzene rings is 1. The Kier molecular flexibility index (Phi) is 6.18. The highest BCUT2D eigenvalue weighted by Crippen LogP contribution is 2.28. The maximum absolute atomic E-state index is 12.9. The number of nitro groups is 1. The molecule has 29 heavy (non-hydrogen) atoms. The summed E-state index contributed by atoms with van der Waals surface area (Å²) in [5.74, 6) is -2.94. The number of ether oxygens (including phenoxy) is 1. The molecule has 2 heterocycles. The lowest BCUT2D eigenvalue weighted by Crippen LogP contribution is -2.71. The van der Waals surface area contributed by atoms with Gasteiger partial charge in [0.25, 0.3) is 11.6 Å². The van der Waals surface area contributed by atoms with Gasteiger partial charge in [0.1, 0.15) is 6.61 Å². The zero-order chi connectivity index (χ0) is 21.0. The van der Waals surface area contributed by atoms with Crippen LogP contribution in [0.5, 0.6) is 0 Å². The van der Waals surface area contributed by atoms with Crippen LogP contribution in [0.4, 0.5) is 5.69 Å². The van der Waals surface area contributed by atoms with Gasteiger partial charge >= 0.3 is 5.97 Å². The molecular formula is C18H17N3O6S2. The minimum absolute atomic E-state index is 0.0725. The Balaban J connectivity index is 1.71. The van der Waals surface area contributed by atoms with Crippen LogP contribution in [-0.4, -0.2) is 40.4 Å². The summed E-state index contributed by atoms with van der Waals surface area (Å²) in [6.45, 7) is 0.131. The quantitative estimate of drug-likeness (QED) is 0.162. The van der Waals surface area contributed by atoms with Crippen LogP contribution in [0, 0.1) is 10.1 Å². The predicted molar refractivity (Wildman–Crippen MR) is 107 cm³/mol. The summed E-state index contributed by atoms with van der Waals surface area (Å²) in [6.07, 6.45) is 1.70. The summed E-state index contributed by atoms with van der Waals surface area (Å²) < 4.78 is 5.29. The molecule has 2 amide bonds. The van der Waals surface area contributed by atoms with E-state index in [1.54, 1.807) is 23.1 Å². The molecule has 2 N–H and O–H groups in total. The van der Waals surface area contributed by atoms with E-state index >= 15 is 0 Å². The van der Waals surface area contributed by atoms with Crippen LogP contribution in [0.25, 0.3) is 0 Å². The van der Waals surface area contributed by atoms with E-state index in [4.69, 9.17) is 4.74 Å². The van der Waals surface area contributed by atoms with Gasteiger partial charge in [-0.05, 0) is 46.3 Å². The van der Waals surface area contributed by atoms with Crippen LogP contribution in [0.2, 0.25) is 0 Å². The van der Waals surface area contributed by atoms with E-state index in [1.165, 1.54) is 47.4 Å². The number of β-lactam (4-membered cyclic amide) rings is 1. The number of carbonyl (C=O) groups excluding carboxylic acids is 3. The summed E-state index contributed by atoms with van der Waals surface area (Å²) in [7, 11) is 0. The molecule has 11 heteroatoms. The molecule has 3 rings (SSSR count). The van der Waals surface area contributed by atoms with Crippen molar-refractivity contribution < 1.29 is 24.0 Å². The van der Waals surface area contributed by atoms with E-state index in [-0.39, 0.29) is 24.7 Å². The van der Waals surface area contributed by atoms with Crippen LogP contribution in [0.15, 0.2) is 41.1 Å². The molecule has 0 radical (unpaired) electrons. The number of amides is 2. The van der Waals surface area contributed by atoms with E-state index in [0.29, 0.717) is 11.1 Å². The van der Waals surface area contributed by atoms with Crippen molar-refractivity contribution in [3.8, 4) is 0 Å². The third kappa shape index (κ3) is 4.40. The van der Waals surface area contributed by atoms with E-state index in [0.717, 1.165) is 0 Å². The highest BCUT2D eigenvalue weighted by Gasteiger charge is 2.49. The maximum atomic E-state index is 12.9. The van der Waals surface area contributed by atoms with Crippen LogP contribution < -0.4 is 10.6 Å². The van der Waals surface area contributed by atoms with E-state index in [2.05, 4.69) is 10.6 Å². The number of esters is 1. The first-order valence-corrected chi connectivity index (χ1v) is 10.6. The maximum Gasteiger partial charge on any atom is 0.323 e. The molecule has 1 aromatic carbocycles. The molecule has 0 saturated carbocycles. The molecule has 1 aliphatic rings. The SMILES string of the molecule is CSC1(NC(=O)C(C(=O)OCc2ccc([N+](=O)[O-])cc2)c2ccsc2)CNC1=O.